The molecule has 4 heteroatoms. The normalized spacial score (nSPS) is 17.4. The molecule has 0 unspecified atom stereocenters. The molecule has 2 aromatic rings. The van der Waals surface area contributed by atoms with Crippen LogP contribution in [0.1, 0.15) is 30.1 Å². The highest BCUT2D eigenvalue weighted by atomic mass is 16.5. The Morgan fingerprint density at radius 1 is 1.33 bits per heavy atom. The molecule has 1 aromatic carbocycles. The van der Waals surface area contributed by atoms with Crippen molar-refractivity contribution in [3.8, 4) is 0 Å². The van der Waals surface area contributed by atoms with Gasteiger partial charge in [-0.2, -0.15) is 0 Å². The number of hydrogen-bond donors (Lipinski definition) is 2. The molecule has 0 atom stereocenters. The second-order valence-corrected chi connectivity index (χ2v) is 4.83. The molecular formula is C14H18N2O2. The first-order valence-corrected chi connectivity index (χ1v) is 6.54. The van der Waals surface area contributed by atoms with E-state index in [4.69, 9.17) is 9.84 Å². The highest BCUT2D eigenvalue weighted by Crippen LogP contribution is 2.26. The van der Waals surface area contributed by atoms with Crippen molar-refractivity contribution in [2.24, 2.45) is 0 Å². The molecule has 0 aliphatic carbocycles. The van der Waals surface area contributed by atoms with Crippen LogP contribution in [0.2, 0.25) is 0 Å². The molecule has 1 aliphatic heterocycles. The van der Waals surface area contributed by atoms with Crippen molar-refractivity contribution in [3.05, 3.63) is 29.6 Å². The lowest BCUT2D eigenvalue weighted by molar-refractivity contribution is 0.0838. The third-order valence-electron chi connectivity index (χ3n) is 3.57. The predicted molar refractivity (Wildman–Crippen MR) is 69.7 cm³/mol. The van der Waals surface area contributed by atoms with Crippen LogP contribution in [0.5, 0.6) is 0 Å². The Morgan fingerprint density at radius 2 is 2.17 bits per heavy atom. The number of H-pyrrole nitrogens is 1. The Labute approximate surface area is 106 Å². The molecule has 0 spiro atoms. The summed E-state index contributed by atoms with van der Waals surface area (Å²) in [6, 6.07) is 6.15. The Balaban J connectivity index is 1.89. The zero-order valence-electron chi connectivity index (χ0n) is 10.4. The number of benzene rings is 1. The van der Waals surface area contributed by atoms with E-state index in [9.17, 15) is 0 Å². The van der Waals surface area contributed by atoms with E-state index in [0.717, 1.165) is 48.5 Å². The van der Waals surface area contributed by atoms with Gasteiger partial charge in [-0.05, 0) is 37.0 Å². The average Bonchev–Trinajstić information content (AvgIpc) is 2.83. The van der Waals surface area contributed by atoms with Gasteiger partial charge in [0.15, 0.2) is 0 Å². The molecule has 0 bridgehead atoms. The second kappa shape index (κ2) is 5.08. The molecule has 0 amide bonds. The van der Waals surface area contributed by atoms with Gasteiger partial charge in [-0.15, -0.1) is 0 Å². The highest BCUT2D eigenvalue weighted by Gasteiger charge is 2.19. The Hall–Kier alpha value is -1.39. The molecule has 1 saturated heterocycles. The number of imidazole rings is 1. The van der Waals surface area contributed by atoms with Gasteiger partial charge >= 0.3 is 0 Å². The van der Waals surface area contributed by atoms with Gasteiger partial charge in [-0.1, -0.05) is 6.07 Å². The topological polar surface area (TPSA) is 58.1 Å². The summed E-state index contributed by atoms with van der Waals surface area (Å²) in [5, 5.41) is 8.96. The van der Waals surface area contributed by atoms with E-state index in [1.165, 1.54) is 0 Å². The maximum absolute atomic E-state index is 8.96. The SMILES string of the molecule is OCCc1ccc2nc(C3CCOCC3)[nH]c2c1. The van der Waals surface area contributed by atoms with Crippen LogP contribution in [0, 0.1) is 0 Å². The first-order valence-electron chi connectivity index (χ1n) is 6.54. The first-order chi connectivity index (χ1) is 8.86. The van der Waals surface area contributed by atoms with E-state index in [0.29, 0.717) is 12.3 Å². The number of nitrogens with zero attached hydrogens (tertiary/aromatic N) is 1. The number of rotatable bonds is 3. The van der Waals surface area contributed by atoms with Gasteiger partial charge in [-0.3, -0.25) is 0 Å². The van der Waals surface area contributed by atoms with Gasteiger partial charge in [0.2, 0.25) is 0 Å². The Bertz CT molecular complexity index is 530. The minimum atomic E-state index is 0.187. The van der Waals surface area contributed by atoms with Gasteiger partial charge in [0.1, 0.15) is 5.82 Å². The van der Waals surface area contributed by atoms with Crippen molar-refractivity contribution >= 4 is 11.0 Å². The van der Waals surface area contributed by atoms with Crippen molar-refractivity contribution in [2.75, 3.05) is 19.8 Å². The molecule has 0 saturated carbocycles. The lowest BCUT2D eigenvalue weighted by Crippen LogP contribution is -2.15. The third kappa shape index (κ3) is 2.26. The van der Waals surface area contributed by atoms with E-state index >= 15 is 0 Å². The number of aromatic amines is 1. The number of aliphatic hydroxyl groups excluding tert-OH is 1. The second-order valence-electron chi connectivity index (χ2n) is 4.83. The summed E-state index contributed by atoms with van der Waals surface area (Å²) in [5.74, 6) is 1.57. The van der Waals surface area contributed by atoms with Crippen LogP contribution in [0.4, 0.5) is 0 Å². The fourth-order valence-electron chi connectivity index (χ4n) is 2.53. The number of hydrogen-bond acceptors (Lipinski definition) is 3. The summed E-state index contributed by atoms with van der Waals surface area (Å²) < 4.78 is 5.38. The van der Waals surface area contributed by atoms with Crippen molar-refractivity contribution in [1.29, 1.82) is 0 Å². The summed E-state index contributed by atoms with van der Waals surface area (Å²) in [7, 11) is 0. The van der Waals surface area contributed by atoms with Gasteiger partial charge in [0, 0.05) is 25.7 Å². The van der Waals surface area contributed by atoms with Gasteiger partial charge < -0.3 is 14.8 Å². The van der Waals surface area contributed by atoms with Gasteiger partial charge in [-0.25, -0.2) is 4.98 Å². The summed E-state index contributed by atoms with van der Waals surface area (Å²) >= 11 is 0. The van der Waals surface area contributed by atoms with E-state index < -0.39 is 0 Å². The molecule has 3 rings (SSSR count). The number of fused-ring (bicyclic) bond motifs is 1. The van der Waals surface area contributed by atoms with E-state index in [2.05, 4.69) is 16.0 Å². The number of ether oxygens (including phenoxy) is 1. The maximum atomic E-state index is 8.96. The highest BCUT2D eigenvalue weighted by molar-refractivity contribution is 5.76. The molecule has 2 heterocycles. The third-order valence-corrected chi connectivity index (χ3v) is 3.57. The van der Waals surface area contributed by atoms with Gasteiger partial charge in [0.05, 0.1) is 11.0 Å². The van der Waals surface area contributed by atoms with Crippen LogP contribution in [0.15, 0.2) is 18.2 Å². The minimum absolute atomic E-state index is 0.187. The Morgan fingerprint density at radius 3 is 2.94 bits per heavy atom. The number of aliphatic hydroxyl groups is 1. The lowest BCUT2D eigenvalue weighted by Gasteiger charge is -2.19. The summed E-state index contributed by atoms with van der Waals surface area (Å²) in [6.45, 7) is 1.85. The molecule has 2 N–H and O–H groups in total. The summed E-state index contributed by atoms with van der Waals surface area (Å²) in [4.78, 5) is 8.08. The largest absolute Gasteiger partial charge is 0.396 e. The smallest absolute Gasteiger partial charge is 0.110 e. The summed E-state index contributed by atoms with van der Waals surface area (Å²) in [5.41, 5.74) is 3.23. The maximum Gasteiger partial charge on any atom is 0.110 e. The molecule has 96 valence electrons. The van der Waals surface area contributed by atoms with Crippen LogP contribution >= 0.6 is 0 Å². The van der Waals surface area contributed by atoms with Crippen LogP contribution in [-0.2, 0) is 11.2 Å². The number of aromatic nitrogens is 2. The van der Waals surface area contributed by atoms with Crippen molar-refractivity contribution in [3.63, 3.8) is 0 Å². The van der Waals surface area contributed by atoms with E-state index in [1.807, 2.05) is 12.1 Å². The van der Waals surface area contributed by atoms with Crippen LogP contribution < -0.4 is 0 Å². The van der Waals surface area contributed by atoms with Crippen LogP contribution in [0.25, 0.3) is 11.0 Å². The van der Waals surface area contributed by atoms with Crippen molar-refractivity contribution in [2.45, 2.75) is 25.2 Å². The van der Waals surface area contributed by atoms with Crippen LogP contribution in [-0.4, -0.2) is 34.9 Å². The quantitative estimate of drug-likeness (QED) is 0.870. The zero-order chi connectivity index (χ0) is 12.4. The molecule has 1 fully saturated rings. The van der Waals surface area contributed by atoms with E-state index in [-0.39, 0.29) is 6.61 Å². The van der Waals surface area contributed by atoms with Crippen molar-refractivity contribution < 1.29 is 9.84 Å². The summed E-state index contributed by atoms with van der Waals surface area (Å²) in [6.07, 6.45) is 2.79. The average molecular weight is 246 g/mol. The zero-order valence-corrected chi connectivity index (χ0v) is 10.4. The van der Waals surface area contributed by atoms with Gasteiger partial charge in [0.25, 0.3) is 0 Å². The minimum Gasteiger partial charge on any atom is -0.396 e. The molecule has 1 aromatic heterocycles. The first kappa shape index (κ1) is 11.7. The Kier molecular flexibility index (Phi) is 3.30. The number of nitrogens with one attached hydrogen (secondary N) is 1. The monoisotopic (exact) mass is 246 g/mol. The standard InChI is InChI=1S/C14H18N2O2/c17-6-3-10-1-2-12-13(9-10)16-14(15-12)11-4-7-18-8-5-11/h1-2,9,11,17H,3-8H2,(H,15,16). The lowest BCUT2D eigenvalue weighted by atomic mass is 10.00. The van der Waals surface area contributed by atoms with Crippen molar-refractivity contribution in [1.82, 2.24) is 9.97 Å². The molecule has 0 radical (unpaired) electrons. The molecule has 4 nitrogen and oxygen atoms in total. The van der Waals surface area contributed by atoms with Crippen LogP contribution in [0.3, 0.4) is 0 Å². The fraction of sp³-hybridized carbons (Fsp3) is 0.500. The predicted octanol–water partition coefficient (Wildman–Crippen LogP) is 1.99. The molecule has 18 heavy (non-hydrogen) atoms. The fourth-order valence-corrected chi connectivity index (χ4v) is 2.53. The molecular weight excluding hydrogens is 228 g/mol. The molecule has 1 aliphatic rings. The van der Waals surface area contributed by atoms with E-state index in [1.54, 1.807) is 0 Å².